The molecule has 2 saturated heterocycles. The van der Waals surface area contributed by atoms with Crippen LogP contribution < -0.4 is 10.9 Å². The van der Waals surface area contributed by atoms with Crippen LogP contribution in [0.5, 0.6) is 0 Å². The Morgan fingerprint density at radius 3 is 2.62 bits per heavy atom. The number of benzene rings is 1. The Labute approximate surface area is 141 Å². The maximum atomic E-state index is 13.0. The molecule has 5 nitrogen and oxygen atoms in total. The second-order valence-corrected chi connectivity index (χ2v) is 7.19. The predicted molar refractivity (Wildman–Crippen MR) is 94.2 cm³/mol. The Morgan fingerprint density at radius 2 is 1.92 bits per heavy atom. The number of hydrogen-bond acceptors (Lipinski definition) is 3. The summed E-state index contributed by atoms with van der Waals surface area (Å²) in [5.74, 6) is -0.00953. The van der Waals surface area contributed by atoms with Crippen molar-refractivity contribution in [1.82, 2.24) is 14.8 Å². The molecule has 1 aromatic carbocycles. The second kappa shape index (κ2) is 5.74. The SMILES string of the molecule is Cn1c(=O)cc(C(=O)N2CCC3(CCNC3)CC2)c2ccccc21. The molecule has 1 N–H and O–H groups in total. The molecule has 2 aliphatic heterocycles. The molecule has 1 amide bonds. The molecule has 2 aliphatic rings. The van der Waals surface area contributed by atoms with Gasteiger partial charge in [0.25, 0.3) is 11.5 Å². The zero-order valence-corrected chi connectivity index (χ0v) is 14.0. The summed E-state index contributed by atoms with van der Waals surface area (Å²) in [5.41, 5.74) is 1.59. The van der Waals surface area contributed by atoms with E-state index in [2.05, 4.69) is 5.32 Å². The molecule has 0 saturated carbocycles. The molecule has 5 heteroatoms. The Hall–Kier alpha value is -2.14. The third-order valence-electron chi connectivity index (χ3n) is 5.83. The second-order valence-electron chi connectivity index (χ2n) is 7.19. The molecule has 1 aromatic heterocycles. The number of hydrogen-bond donors (Lipinski definition) is 1. The quantitative estimate of drug-likeness (QED) is 0.869. The summed E-state index contributed by atoms with van der Waals surface area (Å²) in [5, 5.41) is 4.30. The van der Waals surface area contributed by atoms with Gasteiger partial charge in [0.15, 0.2) is 0 Å². The van der Waals surface area contributed by atoms with E-state index in [9.17, 15) is 9.59 Å². The van der Waals surface area contributed by atoms with Crippen molar-refractivity contribution < 1.29 is 4.79 Å². The van der Waals surface area contributed by atoms with Crippen molar-refractivity contribution in [3.63, 3.8) is 0 Å². The van der Waals surface area contributed by atoms with Crippen LogP contribution in [0.25, 0.3) is 10.9 Å². The van der Waals surface area contributed by atoms with Crippen molar-refractivity contribution in [1.29, 1.82) is 0 Å². The predicted octanol–water partition coefficient (Wildman–Crippen LogP) is 1.75. The lowest BCUT2D eigenvalue weighted by molar-refractivity contribution is 0.0609. The summed E-state index contributed by atoms with van der Waals surface area (Å²) in [6, 6.07) is 9.12. The summed E-state index contributed by atoms with van der Waals surface area (Å²) in [4.78, 5) is 27.2. The molecule has 0 unspecified atom stereocenters. The molecule has 0 atom stereocenters. The summed E-state index contributed by atoms with van der Waals surface area (Å²) in [7, 11) is 1.75. The lowest BCUT2D eigenvalue weighted by atomic mass is 9.77. The smallest absolute Gasteiger partial charge is 0.254 e. The van der Waals surface area contributed by atoms with Gasteiger partial charge in [-0.15, -0.1) is 0 Å². The fourth-order valence-electron chi connectivity index (χ4n) is 4.16. The number of fused-ring (bicyclic) bond motifs is 1. The minimum absolute atomic E-state index is 0.00953. The van der Waals surface area contributed by atoms with Crippen LogP contribution in [0, 0.1) is 5.41 Å². The maximum Gasteiger partial charge on any atom is 0.254 e. The van der Waals surface area contributed by atoms with E-state index in [1.807, 2.05) is 29.2 Å². The van der Waals surface area contributed by atoms with Crippen LogP contribution in [0.2, 0.25) is 0 Å². The Kier molecular flexibility index (Phi) is 3.68. The molecule has 2 fully saturated rings. The highest BCUT2D eigenvalue weighted by atomic mass is 16.2. The number of pyridine rings is 1. The Balaban J connectivity index is 1.65. The van der Waals surface area contributed by atoms with Gasteiger partial charge in [-0.1, -0.05) is 18.2 Å². The lowest BCUT2D eigenvalue weighted by Crippen LogP contribution is -2.44. The lowest BCUT2D eigenvalue weighted by Gasteiger charge is -2.39. The number of nitrogens with one attached hydrogen (secondary N) is 1. The van der Waals surface area contributed by atoms with E-state index in [4.69, 9.17) is 0 Å². The van der Waals surface area contributed by atoms with Gasteiger partial charge in [-0.3, -0.25) is 9.59 Å². The molecule has 0 aliphatic carbocycles. The monoisotopic (exact) mass is 325 g/mol. The fraction of sp³-hybridized carbons (Fsp3) is 0.474. The van der Waals surface area contributed by atoms with Gasteiger partial charge in [0.05, 0.1) is 11.1 Å². The number of piperidine rings is 1. The first-order valence-corrected chi connectivity index (χ1v) is 8.68. The standard InChI is InChI=1S/C19H23N3O2/c1-21-16-5-3-2-4-14(16)15(12-17(21)23)18(24)22-10-7-19(8-11-22)6-9-20-13-19/h2-5,12,20H,6-11,13H2,1H3. The largest absolute Gasteiger partial charge is 0.339 e. The van der Waals surface area contributed by atoms with Crippen molar-refractivity contribution in [2.75, 3.05) is 26.2 Å². The van der Waals surface area contributed by atoms with Gasteiger partial charge in [0, 0.05) is 38.1 Å². The number of aromatic nitrogens is 1. The van der Waals surface area contributed by atoms with Gasteiger partial charge >= 0.3 is 0 Å². The van der Waals surface area contributed by atoms with Crippen LogP contribution >= 0.6 is 0 Å². The van der Waals surface area contributed by atoms with Gasteiger partial charge in [0.2, 0.25) is 0 Å². The van der Waals surface area contributed by atoms with Crippen molar-refractivity contribution >= 4 is 16.8 Å². The molecule has 24 heavy (non-hydrogen) atoms. The number of likely N-dealkylation sites (tertiary alicyclic amines) is 1. The molecular formula is C19H23N3O2. The summed E-state index contributed by atoms with van der Waals surface area (Å²) in [6.45, 7) is 3.73. The minimum atomic E-state index is -0.134. The highest BCUT2D eigenvalue weighted by molar-refractivity contribution is 6.06. The molecule has 0 radical (unpaired) electrons. The van der Waals surface area contributed by atoms with E-state index in [1.165, 1.54) is 12.5 Å². The molecule has 2 aromatic rings. The number of para-hydroxylation sites is 1. The highest BCUT2D eigenvalue weighted by Gasteiger charge is 2.38. The number of rotatable bonds is 1. The highest BCUT2D eigenvalue weighted by Crippen LogP contribution is 2.37. The maximum absolute atomic E-state index is 13.0. The number of nitrogens with zero attached hydrogens (tertiary/aromatic N) is 2. The third-order valence-corrected chi connectivity index (χ3v) is 5.83. The van der Waals surface area contributed by atoms with Crippen molar-refractivity contribution in [3.8, 4) is 0 Å². The van der Waals surface area contributed by atoms with Gasteiger partial charge in [-0.25, -0.2) is 0 Å². The van der Waals surface area contributed by atoms with Crippen LogP contribution in [0.3, 0.4) is 0 Å². The van der Waals surface area contributed by atoms with Gasteiger partial charge in [-0.05, 0) is 37.3 Å². The van der Waals surface area contributed by atoms with E-state index >= 15 is 0 Å². The van der Waals surface area contributed by atoms with Gasteiger partial charge in [-0.2, -0.15) is 0 Å². The van der Waals surface area contributed by atoms with E-state index in [1.54, 1.807) is 11.6 Å². The summed E-state index contributed by atoms with van der Waals surface area (Å²) in [6.07, 6.45) is 3.31. The Morgan fingerprint density at radius 1 is 1.17 bits per heavy atom. The van der Waals surface area contributed by atoms with Crippen molar-refractivity contribution in [2.45, 2.75) is 19.3 Å². The van der Waals surface area contributed by atoms with E-state index < -0.39 is 0 Å². The van der Waals surface area contributed by atoms with Crippen LogP contribution in [0.4, 0.5) is 0 Å². The average Bonchev–Trinajstić information content (AvgIpc) is 3.06. The number of carbonyl (C=O) groups is 1. The molecule has 4 rings (SSSR count). The molecule has 1 spiro atoms. The van der Waals surface area contributed by atoms with Gasteiger partial charge < -0.3 is 14.8 Å². The summed E-state index contributed by atoms with van der Waals surface area (Å²) < 4.78 is 1.60. The van der Waals surface area contributed by atoms with Crippen LogP contribution in [-0.2, 0) is 7.05 Å². The van der Waals surface area contributed by atoms with E-state index in [0.29, 0.717) is 11.0 Å². The Bertz CT molecular complexity index is 839. The first-order chi connectivity index (χ1) is 11.6. The zero-order chi connectivity index (χ0) is 16.7. The van der Waals surface area contributed by atoms with Crippen LogP contribution in [0.1, 0.15) is 29.6 Å². The zero-order valence-electron chi connectivity index (χ0n) is 14.0. The molecular weight excluding hydrogens is 302 g/mol. The number of carbonyl (C=O) groups excluding carboxylic acids is 1. The van der Waals surface area contributed by atoms with Crippen LogP contribution in [0.15, 0.2) is 35.1 Å². The fourth-order valence-corrected chi connectivity index (χ4v) is 4.16. The molecule has 126 valence electrons. The number of amides is 1. The van der Waals surface area contributed by atoms with Gasteiger partial charge in [0.1, 0.15) is 0 Å². The molecule has 3 heterocycles. The third kappa shape index (κ3) is 2.44. The van der Waals surface area contributed by atoms with Crippen molar-refractivity contribution in [2.24, 2.45) is 12.5 Å². The normalized spacial score (nSPS) is 20.0. The summed E-state index contributed by atoms with van der Waals surface area (Å²) >= 11 is 0. The average molecular weight is 325 g/mol. The number of aryl methyl sites for hydroxylation is 1. The minimum Gasteiger partial charge on any atom is -0.339 e. The van der Waals surface area contributed by atoms with E-state index in [-0.39, 0.29) is 11.5 Å². The topological polar surface area (TPSA) is 54.3 Å². The van der Waals surface area contributed by atoms with Crippen LogP contribution in [-0.4, -0.2) is 41.6 Å². The van der Waals surface area contributed by atoms with Crippen molar-refractivity contribution in [3.05, 3.63) is 46.2 Å². The first-order valence-electron chi connectivity index (χ1n) is 8.68. The molecule has 0 bridgehead atoms. The van der Waals surface area contributed by atoms with E-state index in [0.717, 1.165) is 49.9 Å². The first kappa shape index (κ1) is 15.4.